The van der Waals surface area contributed by atoms with E-state index in [4.69, 9.17) is 23.2 Å². The van der Waals surface area contributed by atoms with Gasteiger partial charge < -0.3 is 4.74 Å². The van der Waals surface area contributed by atoms with Gasteiger partial charge in [0.1, 0.15) is 11.6 Å². The highest BCUT2D eigenvalue weighted by Crippen LogP contribution is 2.42. The van der Waals surface area contributed by atoms with Gasteiger partial charge in [-0.2, -0.15) is 5.10 Å². The van der Waals surface area contributed by atoms with Crippen molar-refractivity contribution in [2.75, 3.05) is 0 Å². The summed E-state index contributed by atoms with van der Waals surface area (Å²) < 4.78 is 56.6. The van der Waals surface area contributed by atoms with Crippen LogP contribution in [0.5, 0.6) is 5.75 Å². The van der Waals surface area contributed by atoms with Crippen molar-refractivity contribution >= 4 is 34.5 Å². The van der Waals surface area contributed by atoms with Crippen LogP contribution in [0, 0.1) is 5.82 Å². The smallest absolute Gasteiger partial charge is 0.406 e. The van der Waals surface area contributed by atoms with Gasteiger partial charge in [-0.25, -0.2) is 14.1 Å². The molecule has 2 aromatic carbocycles. The van der Waals surface area contributed by atoms with Crippen molar-refractivity contribution in [1.82, 2.24) is 14.8 Å². The van der Waals surface area contributed by atoms with Crippen LogP contribution in [-0.4, -0.2) is 21.1 Å². The van der Waals surface area contributed by atoms with Gasteiger partial charge in [0.05, 0.1) is 20.5 Å². The third-order valence-electron chi connectivity index (χ3n) is 4.27. The van der Waals surface area contributed by atoms with Gasteiger partial charge in [-0.1, -0.05) is 29.3 Å². The molecule has 0 N–H and O–H groups in total. The number of ether oxygens (including phenoxy) is 1. The summed E-state index contributed by atoms with van der Waals surface area (Å²) in [6, 6.07) is 9.65. The maximum absolute atomic E-state index is 14.2. The molecular weight excluding hydrogens is 477 g/mol. The molecule has 2 aromatic heterocycles. The largest absolute Gasteiger partial charge is 0.573 e. The first kappa shape index (κ1) is 21.6. The average Bonchev–Trinajstić information content (AvgIpc) is 3.23. The molecule has 0 bridgehead atoms. The molecule has 0 fully saturated rings. The summed E-state index contributed by atoms with van der Waals surface area (Å²) >= 11 is 13.9. The number of hydrogen-bond acceptors (Lipinski definition) is 4. The molecule has 0 unspecified atom stereocenters. The Morgan fingerprint density at radius 3 is 2.42 bits per heavy atom. The predicted octanol–water partition coefficient (Wildman–Crippen LogP) is 7.22. The molecule has 4 rings (SSSR count). The van der Waals surface area contributed by atoms with Gasteiger partial charge >= 0.3 is 6.36 Å². The average molecular weight is 488 g/mol. The zero-order valence-electron chi connectivity index (χ0n) is 15.5. The molecule has 0 atom stereocenters. The van der Waals surface area contributed by atoms with Gasteiger partial charge in [-0.3, -0.25) is 0 Å². The number of alkyl halides is 3. The van der Waals surface area contributed by atoms with Crippen LogP contribution in [0.2, 0.25) is 10.0 Å². The Bertz CT molecular complexity index is 1230. The van der Waals surface area contributed by atoms with Gasteiger partial charge in [0, 0.05) is 18.0 Å². The number of aromatic nitrogens is 3. The third kappa shape index (κ3) is 4.39. The summed E-state index contributed by atoms with van der Waals surface area (Å²) in [7, 11) is 1.64. The molecule has 0 amide bonds. The Hall–Kier alpha value is -2.62. The zero-order valence-corrected chi connectivity index (χ0v) is 17.9. The Morgan fingerprint density at radius 1 is 1.06 bits per heavy atom. The minimum absolute atomic E-state index is 0.0813. The molecule has 0 aliphatic rings. The van der Waals surface area contributed by atoms with Crippen LogP contribution in [-0.2, 0) is 7.05 Å². The van der Waals surface area contributed by atoms with Crippen molar-refractivity contribution in [3.63, 3.8) is 0 Å². The molecule has 0 spiro atoms. The summed E-state index contributed by atoms with van der Waals surface area (Å²) in [6.07, 6.45) is -4.76. The first-order valence-electron chi connectivity index (χ1n) is 8.63. The molecule has 0 radical (unpaired) electrons. The monoisotopic (exact) mass is 487 g/mol. The molecular formula is C20H11Cl2F4N3OS. The molecule has 0 saturated heterocycles. The van der Waals surface area contributed by atoms with Crippen LogP contribution in [0.4, 0.5) is 17.6 Å². The number of hydrogen-bond donors (Lipinski definition) is 0. The van der Waals surface area contributed by atoms with Crippen molar-refractivity contribution in [2.24, 2.45) is 7.05 Å². The second kappa shape index (κ2) is 8.14. The number of thiophene rings is 1. The number of halogens is 6. The summed E-state index contributed by atoms with van der Waals surface area (Å²) in [6.45, 7) is 0. The van der Waals surface area contributed by atoms with E-state index in [0.717, 1.165) is 0 Å². The van der Waals surface area contributed by atoms with Gasteiger partial charge in [0.25, 0.3) is 0 Å². The molecule has 4 nitrogen and oxygen atoms in total. The SMILES string of the molecule is Cn1nc(-c2c(F)cccc2Cl)nc1-c1csc(-c2ccc(OC(F)(F)F)cc2)c1Cl. The second-order valence-electron chi connectivity index (χ2n) is 6.34. The summed E-state index contributed by atoms with van der Waals surface area (Å²) in [5, 5.41) is 6.52. The minimum atomic E-state index is -4.76. The van der Waals surface area contributed by atoms with E-state index in [1.165, 1.54) is 58.5 Å². The lowest BCUT2D eigenvalue weighted by Gasteiger charge is -2.09. The summed E-state index contributed by atoms with van der Waals surface area (Å²) in [4.78, 5) is 5.03. The molecule has 160 valence electrons. The number of benzene rings is 2. The highest BCUT2D eigenvalue weighted by molar-refractivity contribution is 7.14. The first-order chi connectivity index (χ1) is 14.6. The lowest BCUT2D eigenvalue weighted by molar-refractivity contribution is -0.274. The quantitative estimate of drug-likeness (QED) is 0.285. The maximum Gasteiger partial charge on any atom is 0.573 e. The molecule has 11 heteroatoms. The molecule has 2 heterocycles. The van der Waals surface area contributed by atoms with Crippen molar-refractivity contribution < 1.29 is 22.3 Å². The summed E-state index contributed by atoms with van der Waals surface area (Å²) in [5.74, 6) is -0.385. The summed E-state index contributed by atoms with van der Waals surface area (Å²) in [5.41, 5.74) is 1.24. The van der Waals surface area contributed by atoms with Gasteiger partial charge in [-0.15, -0.1) is 24.5 Å². The topological polar surface area (TPSA) is 39.9 Å². The fourth-order valence-electron chi connectivity index (χ4n) is 2.93. The van der Waals surface area contributed by atoms with Crippen molar-refractivity contribution in [2.45, 2.75) is 6.36 Å². The lowest BCUT2D eigenvalue weighted by Crippen LogP contribution is -2.16. The first-order valence-corrected chi connectivity index (χ1v) is 10.3. The number of aryl methyl sites for hydroxylation is 1. The molecule has 31 heavy (non-hydrogen) atoms. The standard InChI is InChI=1S/C20H11Cl2F4N3OS/c1-29-19(27-18(28-29)15-13(21)3-2-4-14(15)23)12-9-31-17(16(12)22)10-5-7-11(8-6-10)30-20(24,25)26/h2-9H,1H3. The zero-order chi connectivity index (χ0) is 22.3. The molecule has 0 aliphatic heterocycles. The predicted molar refractivity (Wildman–Crippen MR) is 112 cm³/mol. The molecule has 0 saturated carbocycles. The maximum atomic E-state index is 14.2. The van der Waals surface area contributed by atoms with Crippen LogP contribution in [0.3, 0.4) is 0 Å². The van der Waals surface area contributed by atoms with E-state index in [0.29, 0.717) is 26.9 Å². The van der Waals surface area contributed by atoms with Crippen LogP contribution >= 0.6 is 34.5 Å². The van der Waals surface area contributed by atoms with Gasteiger partial charge in [0.2, 0.25) is 0 Å². The Labute approximate surface area is 187 Å². The van der Waals surface area contributed by atoms with Gasteiger partial charge in [0.15, 0.2) is 11.6 Å². The molecule has 4 aromatic rings. The van der Waals surface area contributed by atoms with E-state index >= 15 is 0 Å². The highest BCUT2D eigenvalue weighted by Gasteiger charge is 2.31. The number of rotatable bonds is 4. The van der Waals surface area contributed by atoms with Crippen molar-refractivity contribution in [3.05, 3.63) is 63.7 Å². The van der Waals surface area contributed by atoms with E-state index in [1.807, 2.05) is 0 Å². The van der Waals surface area contributed by atoms with Gasteiger partial charge in [-0.05, 0) is 42.0 Å². The van der Waals surface area contributed by atoms with E-state index in [-0.39, 0.29) is 22.2 Å². The normalized spacial score (nSPS) is 11.7. The van der Waals surface area contributed by atoms with Crippen LogP contribution in [0.15, 0.2) is 47.8 Å². The van der Waals surface area contributed by atoms with Crippen molar-refractivity contribution in [1.29, 1.82) is 0 Å². The minimum Gasteiger partial charge on any atom is -0.406 e. The van der Waals surface area contributed by atoms with E-state index < -0.39 is 12.2 Å². The Balaban J connectivity index is 1.69. The van der Waals surface area contributed by atoms with E-state index in [1.54, 1.807) is 12.4 Å². The van der Waals surface area contributed by atoms with Crippen LogP contribution in [0.25, 0.3) is 33.2 Å². The fourth-order valence-corrected chi connectivity index (χ4v) is 4.57. The van der Waals surface area contributed by atoms with E-state index in [9.17, 15) is 17.6 Å². The highest BCUT2D eigenvalue weighted by atomic mass is 35.5. The molecule has 0 aliphatic carbocycles. The van der Waals surface area contributed by atoms with Crippen molar-refractivity contribution in [3.8, 4) is 39.0 Å². The number of nitrogens with zero attached hydrogens (tertiary/aromatic N) is 3. The Kier molecular flexibility index (Phi) is 5.67. The lowest BCUT2D eigenvalue weighted by atomic mass is 10.1. The fraction of sp³-hybridized carbons (Fsp3) is 0.100. The van der Waals surface area contributed by atoms with Crippen LogP contribution < -0.4 is 4.74 Å². The van der Waals surface area contributed by atoms with E-state index in [2.05, 4.69) is 14.8 Å². The van der Waals surface area contributed by atoms with Crippen LogP contribution in [0.1, 0.15) is 0 Å². The Morgan fingerprint density at radius 2 is 1.77 bits per heavy atom. The second-order valence-corrected chi connectivity index (χ2v) is 8.01. The third-order valence-corrected chi connectivity index (χ3v) is 6.12.